The van der Waals surface area contributed by atoms with E-state index in [2.05, 4.69) is 4.90 Å². The van der Waals surface area contributed by atoms with Crippen molar-refractivity contribution in [1.29, 1.82) is 0 Å². The van der Waals surface area contributed by atoms with Gasteiger partial charge in [0.2, 0.25) is 5.91 Å². The van der Waals surface area contributed by atoms with Gasteiger partial charge in [0.1, 0.15) is 0 Å². The van der Waals surface area contributed by atoms with E-state index in [0.717, 1.165) is 31.7 Å². The summed E-state index contributed by atoms with van der Waals surface area (Å²) in [6.45, 7) is 2.56. The van der Waals surface area contributed by atoms with Crippen LogP contribution in [0.1, 0.15) is 19.3 Å². The predicted octanol–water partition coefficient (Wildman–Crippen LogP) is 0.902. The zero-order chi connectivity index (χ0) is 13.6. The molecule has 1 aliphatic heterocycles. The van der Waals surface area contributed by atoms with Crippen LogP contribution in [0.4, 0.5) is 0 Å². The summed E-state index contributed by atoms with van der Waals surface area (Å²) in [6, 6.07) is 0. The number of aliphatic hydroxyl groups is 1. The summed E-state index contributed by atoms with van der Waals surface area (Å²) in [5, 5.41) is 9.70. The molecule has 106 valence electrons. The first-order chi connectivity index (χ1) is 8.53. The van der Waals surface area contributed by atoms with Gasteiger partial charge in [0, 0.05) is 37.2 Å². The summed E-state index contributed by atoms with van der Waals surface area (Å²) in [5.41, 5.74) is -0.128. The fraction of sp³-hybridized carbons (Fsp3) is 0.923. The Hall–Kier alpha value is -0.260. The average Bonchev–Trinajstić information content (AvgIpc) is 2.35. The van der Waals surface area contributed by atoms with Gasteiger partial charge < -0.3 is 14.9 Å². The molecule has 0 aromatic carbocycles. The molecule has 4 nitrogen and oxygen atoms in total. The zero-order valence-corrected chi connectivity index (χ0v) is 12.6. The SMILES string of the molecule is CSCCC(=O)N1CCC[C@@](CO)(CN(C)C)C1. The standard InChI is InChI=1S/C13H26N2O2S/c1-14(2)9-13(11-16)6-4-7-15(10-13)12(17)5-8-18-3/h16H,4-11H2,1-3H3/t13-/m1/s1. The maximum Gasteiger partial charge on any atom is 0.223 e. The van der Waals surface area contributed by atoms with Crippen molar-refractivity contribution in [2.24, 2.45) is 5.41 Å². The lowest BCUT2D eigenvalue weighted by Crippen LogP contribution is -2.52. The fourth-order valence-corrected chi connectivity index (χ4v) is 3.13. The maximum atomic E-state index is 12.1. The van der Waals surface area contributed by atoms with Gasteiger partial charge in [-0.15, -0.1) is 0 Å². The van der Waals surface area contributed by atoms with Gasteiger partial charge in [-0.05, 0) is 33.2 Å². The molecular formula is C13H26N2O2S. The molecule has 1 heterocycles. The smallest absolute Gasteiger partial charge is 0.223 e. The molecule has 0 spiro atoms. The third kappa shape index (κ3) is 4.44. The summed E-state index contributed by atoms with van der Waals surface area (Å²) in [7, 11) is 4.04. The summed E-state index contributed by atoms with van der Waals surface area (Å²) < 4.78 is 0. The molecule has 0 aromatic heterocycles. The van der Waals surface area contributed by atoms with Crippen LogP contribution in [0.25, 0.3) is 0 Å². The van der Waals surface area contributed by atoms with Crippen LogP contribution in [0.5, 0.6) is 0 Å². The Kier molecular flexibility index (Phi) is 6.46. The van der Waals surface area contributed by atoms with E-state index in [1.165, 1.54) is 0 Å². The molecule has 5 heteroatoms. The molecule has 0 saturated carbocycles. The van der Waals surface area contributed by atoms with Gasteiger partial charge in [-0.3, -0.25) is 4.79 Å². The van der Waals surface area contributed by atoms with E-state index in [1.54, 1.807) is 11.8 Å². The summed E-state index contributed by atoms with van der Waals surface area (Å²) in [4.78, 5) is 16.1. The highest BCUT2D eigenvalue weighted by atomic mass is 32.2. The highest BCUT2D eigenvalue weighted by Gasteiger charge is 2.36. The molecule has 1 saturated heterocycles. The number of carbonyl (C=O) groups excluding carboxylic acids is 1. The number of hydrogen-bond donors (Lipinski definition) is 1. The molecule has 1 fully saturated rings. The lowest BCUT2D eigenvalue weighted by molar-refractivity contribution is -0.135. The summed E-state index contributed by atoms with van der Waals surface area (Å²) in [6.07, 6.45) is 4.64. The van der Waals surface area contributed by atoms with Gasteiger partial charge in [0.25, 0.3) is 0 Å². The number of likely N-dealkylation sites (tertiary alicyclic amines) is 1. The fourth-order valence-electron chi connectivity index (χ4n) is 2.75. The minimum Gasteiger partial charge on any atom is -0.396 e. The maximum absolute atomic E-state index is 12.1. The zero-order valence-electron chi connectivity index (χ0n) is 11.8. The lowest BCUT2D eigenvalue weighted by atomic mass is 9.80. The van der Waals surface area contributed by atoms with Crippen molar-refractivity contribution in [3.8, 4) is 0 Å². The molecule has 0 unspecified atom stereocenters. The van der Waals surface area contributed by atoms with E-state index < -0.39 is 0 Å². The Morgan fingerprint density at radius 2 is 2.22 bits per heavy atom. The topological polar surface area (TPSA) is 43.8 Å². The van der Waals surface area contributed by atoms with Crippen molar-refractivity contribution in [3.63, 3.8) is 0 Å². The molecule has 1 amide bonds. The quantitative estimate of drug-likeness (QED) is 0.782. The van der Waals surface area contributed by atoms with Gasteiger partial charge in [0.15, 0.2) is 0 Å². The van der Waals surface area contributed by atoms with Crippen LogP contribution < -0.4 is 0 Å². The van der Waals surface area contributed by atoms with Crippen LogP contribution in [0.2, 0.25) is 0 Å². The number of piperidine rings is 1. The van der Waals surface area contributed by atoms with Crippen LogP contribution in [0.3, 0.4) is 0 Å². The van der Waals surface area contributed by atoms with Gasteiger partial charge >= 0.3 is 0 Å². The summed E-state index contributed by atoms with van der Waals surface area (Å²) >= 11 is 1.71. The normalized spacial score (nSPS) is 24.6. The number of carbonyl (C=O) groups is 1. The van der Waals surface area contributed by atoms with Gasteiger partial charge in [0.05, 0.1) is 6.61 Å². The number of thioether (sulfide) groups is 1. The lowest BCUT2D eigenvalue weighted by Gasteiger charge is -2.43. The van der Waals surface area contributed by atoms with E-state index in [0.29, 0.717) is 13.0 Å². The first-order valence-electron chi connectivity index (χ1n) is 6.55. The van der Waals surface area contributed by atoms with Crippen LogP contribution in [-0.2, 0) is 4.79 Å². The van der Waals surface area contributed by atoms with Crippen molar-refractivity contribution in [1.82, 2.24) is 9.80 Å². The summed E-state index contributed by atoms with van der Waals surface area (Å²) in [5.74, 6) is 1.12. The first-order valence-corrected chi connectivity index (χ1v) is 7.95. The Morgan fingerprint density at radius 1 is 1.50 bits per heavy atom. The van der Waals surface area contributed by atoms with Gasteiger partial charge in [-0.1, -0.05) is 0 Å². The van der Waals surface area contributed by atoms with E-state index in [1.807, 2.05) is 25.3 Å². The Balaban J connectivity index is 2.60. The monoisotopic (exact) mass is 274 g/mol. The van der Waals surface area contributed by atoms with Gasteiger partial charge in [-0.25, -0.2) is 0 Å². The van der Waals surface area contributed by atoms with Crippen molar-refractivity contribution in [3.05, 3.63) is 0 Å². The Bertz CT molecular complexity index is 274. The van der Waals surface area contributed by atoms with Crippen LogP contribution in [-0.4, -0.2) is 73.2 Å². The Labute approximate surface area is 115 Å². The minimum atomic E-state index is -0.128. The molecule has 18 heavy (non-hydrogen) atoms. The second kappa shape index (κ2) is 7.36. The molecular weight excluding hydrogens is 248 g/mol. The molecule has 1 N–H and O–H groups in total. The molecule has 1 rings (SSSR count). The van der Waals surface area contributed by atoms with Crippen LogP contribution in [0.15, 0.2) is 0 Å². The molecule has 1 atom stereocenters. The number of rotatable bonds is 6. The van der Waals surface area contributed by atoms with Crippen molar-refractivity contribution < 1.29 is 9.90 Å². The van der Waals surface area contributed by atoms with E-state index in [9.17, 15) is 9.90 Å². The van der Waals surface area contributed by atoms with E-state index >= 15 is 0 Å². The Morgan fingerprint density at radius 3 is 2.78 bits per heavy atom. The largest absolute Gasteiger partial charge is 0.396 e. The average molecular weight is 274 g/mol. The second-order valence-corrected chi connectivity index (χ2v) is 6.54. The highest BCUT2D eigenvalue weighted by Crippen LogP contribution is 2.30. The molecule has 0 aromatic rings. The van der Waals surface area contributed by atoms with Crippen LogP contribution in [0, 0.1) is 5.41 Å². The molecule has 1 aliphatic rings. The molecule has 0 bridgehead atoms. The number of aliphatic hydroxyl groups excluding tert-OH is 1. The van der Waals surface area contributed by atoms with E-state index in [4.69, 9.17) is 0 Å². The van der Waals surface area contributed by atoms with Crippen LogP contribution >= 0.6 is 11.8 Å². The third-order valence-electron chi connectivity index (χ3n) is 3.52. The third-order valence-corrected chi connectivity index (χ3v) is 4.13. The predicted molar refractivity (Wildman–Crippen MR) is 76.9 cm³/mol. The first kappa shape index (κ1) is 15.8. The number of hydrogen-bond acceptors (Lipinski definition) is 4. The number of nitrogens with zero attached hydrogens (tertiary/aromatic N) is 2. The van der Waals surface area contributed by atoms with Crippen molar-refractivity contribution in [2.45, 2.75) is 19.3 Å². The number of amides is 1. The minimum absolute atomic E-state index is 0.128. The van der Waals surface area contributed by atoms with Crippen molar-refractivity contribution in [2.75, 3.05) is 52.3 Å². The molecule has 0 aliphatic carbocycles. The van der Waals surface area contributed by atoms with E-state index in [-0.39, 0.29) is 17.9 Å². The van der Waals surface area contributed by atoms with Crippen molar-refractivity contribution >= 4 is 17.7 Å². The molecule has 0 radical (unpaired) electrons. The highest BCUT2D eigenvalue weighted by molar-refractivity contribution is 7.98. The van der Waals surface area contributed by atoms with Gasteiger partial charge in [-0.2, -0.15) is 11.8 Å². The second-order valence-electron chi connectivity index (χ2n) is 5.56.